The molecule has 0 spiro atoms. The van der Waals surface area contributed by atoms with Crippen molar-refractivity contribution in [3.63, 3.8) is 0 Å². The second kappa shape index (κ2) is 34.4. The zero-order valence-electron chi connectivity index (χ0n) is 67.3. The van der Waals surface area contributed by atoms with Crippen LogP contribution in [0, 0.1) is 20.2 Å². The van der Waals surface area contributed by atoms with E-state index in [0.717, 1.165) is 33.6 Å². The molecule has 4 aromatic heterocycles. The first-order valence-electron chi connectivity index (χ1n) is 40.5. The van der Waals surface area contributed by atoms with E-state index in [4.69, 9.17) is 9.31 Å². The molecule has 18 aromatic carbocycles. The maximum Gasteiger partial charge on any atom is 0.495 e. The van der Waals surface area contributed by atoms with Gasteiger partial charge in [0.05, 0.1) is 31.1 Å². The standard InChI is InChI=1S/C23H14S.C22H21BO2S.C22H13NO2S.C18H15P.C16H9BrS.C6H4BrNO2/c1-2-8-15-14(7-1)13-19-16-9-3-4-10-17(16)23-22(21(15)19)18-11-5-6-12-20(18)24-23;1-21(2)22(3,4)25-23(24-21)17-13-14-9-5-6-10-15(14)20-19(17)16-11-7-8-12-18(16)26-20;24-23(25)19-11-5-3-9-16(19)18-13-14-7-1-2-8-15(14)22-21(18)17-10-4-6-12-20(17)26-22;1-4-10-16(11-5-1)19(17-12-6-2-7-13-17)18-14-8-3-9-15-18;17-13-9-10-5-1-2-6-11(10)16-15(13)12-7-3-4-8-14(12)18-16;7-5-3-1-2-4-6(5)8(9)10/h1-12H,13H2;5-13H,1-4H3;1-13H;1-15H;1-9H;1-4H. The number of nitrogens with zero attached hydrogens (tertiary/aromatic N) is 2. The summed E-state index contributed by atoms with van der Waals surface area (Å²) in [5.41, 5.74) is 8.12. The van der Waals surface area contributed by atoms with Gasteiger partial charge in [0, 0.05) is 91.9 Å². The van der Waals surface area contributed by atoms with Crippen molar-refractivity contribution >= 4 is 249 Å². The van der Waals surface area contributed by atoms with E-state index < -0.39 is 12.8 Å². The minimum atomic E-state index is -0.446. The molecule has 0 radical (unpaired) electrons. The number of thiophene rings is 4. The largest absolute Gasteiger partial charge is 0.495 e. The van der Waals surface area contributed by atoms with Crippen LogP contribution >= 0.6 is 85.1 Å². The third-order valence-corrected chi connectivity index (χ3v) is 31.9. The van der Waals surface area contributed by atoms with Gasteiger partial charge in [-0.25, -0.2) is 0 Å². The fourth-order valence-corrected chi connectivity index (χ4v) is 25.5. The van der Waals surface area contributed by atoms with Gasteiger partial charge in [-0.2, -0.15) is 0 Å². The minimum absolute atomic E-state index is 0.0995. The molecule has 0 bridgehead atoms. The summed E-state index contributed by atoms with van der Waals surface area (Å²) >= 11 is 14.2. The fraction of sp³-hybridized carbons (Fsp3) is 0.0654. The van der Waals surface area contributed by atoms with Crippen molar-refractivity contribution in [3.05, 3.63) is 416 Å². The molecule has 2 aliphatic rings. The summed E-state index contributed by atoms with van der Waals surface area (Å²) < 4.78 is 25.1. The quantitative estimate of drug-likeness (QED) is 0.0681. The summed E-state index contributed by atoms with van der Waals surface area (Å²) in [6.45, 7) is 8.43. The van der Waals surface area contributed by atoms with Crippen LogP contribution in [0.5, 0.6) is 0 Å². The van der Waals surface area contributed by atoms with Gasteiger partial charge in [-0.05, 0) is 204 Å². The van der Waals surface area contributed by atoms with E-state index >= 15 is 0 Å². The van der Waals surface area contributed by atoms with E-state index in [1.807, 2.05) is 70.4 Å². The highest BCUT2D eigenvalue weighted by Crippen LogP contribution is 2.52. The van der Waals surface area contributed by atoms with Gasteiger partial charge in [-0.3, -0.25) is 20.2 Å². The maximum absolute atomic E-state index is 11.6. The average molecular weight is 1820 g/mol. The number of benzene rings is 18. The highest BCUT2D eigenvalue weighted by atomic mass is 79.9. The van der Waals surface area contributed by atoms with Crippen molar-refractivity contribution < 1.29 is 19.2 Å². The molecule has 22 aromatic rings. The van der Waals surface area contributed by atoms with Crippen molar-refractivity contribution in [2.75, 3.05) is 0 Å². The Morgan fingerprint density at radius 1 is 0.325 bits per heavy atom. The van der Waals surface area contributed by atoms with Crippen molar-refractivity contribution in [3.8, 4) is 22.3 Å². The van der Waals surface area contributed by atoms with Crippen molar-refractivity contribution in [2.45, 2.75) is 45.3 Å². The normalized spacial score (nSPS) is 13.0. The minimum Gasteiger partial charge on any atom is -0.399 e. The molecule has 8 nitrogen and oxygen atoms in total. The molecule has 0 amide bonds. The number of rotatable bonds is 7. The predicted molar refractivity (Wildman–Crippen MR) is 537 cm³/mol. The highest BCUT2D eigenvalue weighted by Gasteiger charge is 2.52. The number of hydrogen-bond donors (Lipinski definition) is 0. The van der Waals surface area contributed by atoms with Crippen LogP contribution in [-0.2, 0) is 15.7 Å². The number of halogens is 2. The zero-order valence-corrected chi connectivity index (χ0v) is 74.6. The molecule has 16 heteroatoms. The van der Waals surface area contributed by atoms with Crippen LogP contribution in [0.2, 0.25) is 0 Å². The third-order valence-electron chi connectivity index (χ3n) is 23.4. The SMILES string of the molecule is Brc1cc2ccccc2c2sc3ccccc3c12.CC1(C)OB(c2cc3ccccc3c3sc4ccccc4c23)OC1(C)C.O=[N+]([O-])c1ccccc1-c1cc2ccccc2c2sc3ccccc3c12.O=[N+]([O-])c1ccccc1Br.c1ccc(P(c2ccccc2)c2ccccc2)cc1.c1ccc2c(c1)Cc1c-2c2c3ccccc3sc2c2ccccc12. The van der Waals surface area contributed by atoms with Gasteiger partial charge in [0.15, 0.2) is 0 Å². The highest BCUT2D eigenvalue weighted by molar-refractivity contribution is 9.11. The number of para-hydroxylation sites is 2. The summed E-state index contributed by atoms with van der Waals surface area (Å²) in [6.07, 6.45) is 1.05. The van der Waals surface area contributed by atoms with E-state index in [0.29, 0.717) is 10.0 Å². The molecular weight excluding hydrogens is 1740 g/mol. The van der Waals surface area contributed by atoms with Gasteiger partial charge >= 0.3 is 7.12 Å². The van der Waals surface area contributed by atoms with Crippen LogP contribution in [0.1, 0.15) is 38.8 Å². The summed E-state index contributed by atoms with van der Waals surface area (Å²) in [6, 6.07) is 130. The monoisotopic (exact) mass is 1810 g/mol. The first kappa shape index (κ1) is 80.8. The lowest BCUT2D eigenvalue weighted by Crippen LogP contribution is -2.41. The average Bonchev–Trinajstić information content (AvgIpc) is 1.56. The van der Waals surface area contributed by atoms with Crippen molar-refractivity contribution in [1.29, 1.82) is 0 Å². The molecule has 0 saturated carbocycles. The third kappa shape index (κ3) is 15.5. The van der Waals surface area contributed by atoms with Gasteiger partial charge < -0.3 is 9.31 Å². The van der Waals surface area contributed by atoms with E-state index in [2.05, 4.69) is 363 Å². The maximum atomic E-state index is 11.6. The van der Waals surface area contributed by atoms with Crippen LogP contribution in [0.25, 0.3) is 146 Å². The van der Waals surface area contributed by atoms with Crippen LogP contribution in [0.3, 0.4) is 0 Å². The van der Waals surface area contributed by atoms with Gasteiger partial charge in [0.2, 0.25) is 0 Å². The molecule has 0 atom stereocenters. The van der Waals surface area contributed by atoms with Gasteiger partial charge in [0.25, 0.3) is 11.4 Å². The summed E-state index contributed by atoms with van der Waals surface area (Å²) in [5, 5.41) is 46.6. The summed E-state index contributed by atoms with van der Waals surface area (Å²) in [7, 11) is -0.802. The Morgan fingerprint density at radius 3 is 1.16 bits per heavy atom. The van der Waals surface area contributed by atoms with Crippen LogP contribution in [0.15, 0.2) is 385 Å². The van der Waals surface area contributed by atoms with E-state index in [1.165, 1.54) is 156 Å². The number of nitro groups is 2. The predicted octanol–water partition coefficient (Wildman–Crippen LogP) is 30.8. The molecule has 1 fully saturated rings. The van der Waals surface area contributed by atoms with E-state index in [9.17, 15) is 20.2 Å². The molecular formula is C107H76BBr2N2O6PS4. The molecule has 0 N–H and O–H groups in total. The Morgan fingerprint density at radius 2 is 0.675 bits per heavy atom. The molecule has 0 unspecified atom stereocenters. The molecule has 24 rings (SSSR count). The first-order chi connectivity index (χ1) is 60.0. The molecule has 1 saturated heterocycles. The second-order valence-electron chi connectivity index (χ2n) is 31.3. The lowest BCUT2D eigenvalue weighted by molar-refractivity contribution is -0.385. The van der Waals surface area contributed by atoms with Crippen molar-refractivity contribution in [2.24, 2.45) is 0 Å². The van der Waals surface area contributed by atoms with Gasteiger partial charge in [-0.1, -0.05) is 331 Å². The first-order valence-corrected chi connectivity index (χ1v) is 46.7. The summed E-state index contributed by atoms with van der Waals surface area (Å²) in [4.78, 5) is 21.1. The molecule has 123 heavy (non-hydrogen) atoms. The summed E-state index contributed by atoms with van der Waals surface area (Å²) in [5.74, 6) is 0. The van der Waals surface area contributed by atoms with E-state index in [1.54, 1.807) is 41.7 Å². The lowest BCUT2D eigenvalue weighted by atomic mass is 9.75. The fourth-order valence-electron chi connectivity index (χ4n) is 17.0. The topological polar surface area (TPSA) is 105 Å². The molecule has 5 heterocycles. The van der Waals surface area contributed by atoms with Crippen molar-refractivity contribution in [1.82, 2.24) is 0 Å². The Labute approximate surface area is 745 Å². The van der Waals surface area contributed by atoms with Gasteiger partial charge in [-0.15, -0.1) is 45.3 Å². The molecule has 1 aliphatic carbocycles. The lowest BCUT2D eigenvalue weighted by Gasteiger charge is -2.32. The smallest absolute Gasteiger partial charge is 0.399 e. The molecule has 596 valence electrons. The Balaban J connectivity index is 0.0000000988. The Kier molecular flexibility index (Phi) is 22.6. The molecule has 1 aliphatic heterocycles. The van der Waals surface area contributed by atoms with Crippen LogP contribution in [0.4, 0.5) is 11.4 Å². The van der Waals surface area contributed by atoms with Crippen LogP contribution < -0.4 is 21.4 Å². The number of fused-ring (bicyclic) bond motifs is 25. The zero-order chi connectivity index (χ0) is 84.0. The Bertz CT molecular complexity index is 7720. The van der Waals surface area contributed by atoms with Gasteiger partial charge in [0.1, 0.15) is 0 Å². The second-order valence-corrected chi connectivity index (χ2v) is 39.4. The number of hydrogen-bond acceptors (Lipinski definition) is 10. The number of nitro benzene ring substituents is 2. The Hall–Kier alpha value is -11.9. The van der Waals surface area contributed by atoms with Crippen LogP contribution in [-0.4, -0.2) is 28.2 Å². The van der Waals surface area contributed by atoms with E-state index in [-0.39, 0.29) is 34.6 Å².